The number of hydrogen-bond donors (Lipinski definition) is 1. The second-order valence-corrected chi connectivity index (χ2v) is 4.13. The van der Waals surface area contributed by atoms with Gasteiger partial charge in [0.2, 0.25) is 0 Å². The van der Waals surface area contributed by atoms with Gasteiger partial charge in [-0.15, -0.1) is 0 Å². The zero-order valence-corrected chi connectivity index (χ0v) is 10.1. The molecule has 1 N–H and O–H groups in total. The molecule has 0 aliphatic heterocycles. The summed E-state index contributed by atoms with van der Waals surface area (Å²) >= 11 is 0. The zero-order valence-electron chi connectivity index (χ0n) is 10.1. The molecule has 1 nitrogen and oxygen atoms in total. The molecule has 1 aromatic carbocycles. The molecular weight excluding hydrogens is 208 g/mol. The van der Waals surface area contributed by atoms with Crippen molar-refractivity contribution in [3.05, 3.63) is 34.9 Å². The molecule has 0 aromatic heterocycles. The normalized spacial score (nSPS) is 13.1. The van der Waals surface area contributed by atoms with Crippen LogP contribution in [0.2, 0.25) is 0 Å². The van der Waals surface area contributed by atoms with Gasteiger partial charge in [-0.25, -0.2) is 8.78 Å². The van der Waals surface area contributed by atoms with Crippen LogP contribution in [0.4, 0.5) is 8.78 Å². The van der Waals surface area contributed by atoms with Gasteiger partial charge in [0.05, 0.1) is 6.04 Å². The summed E-state index contributed by atoms with van der Waals surface area (Å²) in [5.74, 6) is 0. The number of alkyl halides is 2. The predicted molar refractivity (Wildman–Crippen MR) is 63.0 cm³/mol. The molecule has 0 amide bonds. The molecule has 1 unspecified atom stereocenters. The Labute approximate surface area is 95.9 Å². The molecule has 0 aliphatic carbocycles. The van der Waals surface area contributed by atoms with E-state index in [0.29, 0.717) is 12.1 Å². The van der Waals surface area contributed by atoms with Crippen LogP contribution in [0.3, 0.4) is 0 Å². The van der Waals surface area contributed by atoms with Crippen LogP contribution in [0.15, 0.2) is 18.2 Å². The average Bonchev–Trinajstić information content (AvgIpc) is 2.23. The Morgan fingerprint density at radius 3 is 2.50 bits per heavy atom. The van der Waals surface area contributed by atoms with Crippen molar-refractivity contribution in [3.8, 4) is 0 Å². The molecule has 16 heavy (non-hydrogen) atoms. The summed E-state index contributed by atoms with van der Waals surface area (Å²) in [6, 6.07) is 4.84. The molecule has 0 fully saturated rings. The second kappa shape index (κ2) is 5.94. The molecule has 3 heteroatoms. The summed E-state index contributed by atoms with van der Waals surface area (Å²) in [5.41, 5.74) is 2.65. The standard InChI is InChI=1S/C13H19F2N/c1-4-7-16-12(13(14)15)11-8-9(2)5-6-10(11)3/h5-6,8,12-13,16H,4,7H2,1-3H3. The van der Waals surface area contributed by atoms with Crippen LogP contribution in [0, 0.1) is 13.8 Å². The predicted octanol–water partition coefficient (Wildman–Crippen LogP) is 3.61. The van der Waals surface area contributed by atoms with Gasteiger partial charge in [-0.3, -0.25) is 0 Å². The van der Waals surface area contributed by atoms with E-state index in [1.54, 1.807) is 0 Å². The van der Waals surface area contributed by atoms with Gasteiger partial charge >= 0.3 is 0 Å². The Kier molecular flexibility index (Phi) is 4.87. The Morgan fingerprint density at radius 1 is 1.25 bits per heavy atom. The van der Waals surface area contributed by atoms with Crippen molar-refractivity contribution in [1.82, 2.24) is 5.32 Å². The maximum atomic E-state index is 13.0. The van der Waals surface area contributed by atoms with E-state index in [1.807, 2.05) is 39.0 Å². The third-order valence-electron chi connectivity index (χ3n) is 2.64. The van der Waals surface area contributed by atoms with Gasteiger partial charge in [0.15, 0.2) is 0 Å². The highest BCUT2D eigenvalue weighted by Crippen LogP contribution is 2.24. The van der Waals surface area contributed by atoms with E-state index in [4.69, 9.17) is 0 Å². The number of rotatable bonds is 5. The number of benzene rings is 1. The van der Waals surface area contributed by atoms with Gasteiger partial charge in [0.1, 0.15) is 0 Å². The Bertz CT molecular complexity index is 337. The first-order chi connectivity index (χ1) is 7.56. The van der Waals surface area contributed by atoms with Gasteiger partial charge in [0.25, 0.3) is 6.43 Å². The Hall–Kier alpha value is -0.960. The Morgan fingerprint density at radius 2 is 1.94 bits per heavy atom. The molecule has 1 rings (SSSR count). The average molecular weight is 227 g/mol. The first-order valence-corrected chi connectivity index (χ1v) is 5.65. The fourth-order valence-electron chi connectivity index (χ4n) is 1.73. The molecule has 0 bridgehead atoms. The molecule has 1 aromatic rings. The smallest absolute Gasteiger partial charge is 0.257 e. The lowest BCUT2D eigenvalue weighted by molar-refractivity contribution is 0.0982. The van der Waals surface area contributed by atoms with Crippen molar-refractivity contribution >= 4 is 0 Å². The monoisotopic (exact) mass is 227 g/mol. The highest BCUT2D eigenvalue weighted by molar-refractivity contribution is 5.33. The second-order valence-electron chi connectivity index (χ2n) is 4.13. The summed E-state index contributed by atoms with van der Waals surface area (Å²) in [4.78, 5) is 0. The number of halogens is 2. The van der Waals surface area contributed by atoms with Gasteiger partial charge in [0, 0.05) is 0 Å². The highest BCUT2D eigenvalue weighted by atomic mass is 19.3. The SMILES string of the molecule is CCCNC(c1cc(C)ccc1C)C(F)F. The van der Waals surface area contributed by atoms with Crippen LogP contribution in [0.1, 0.15) is 36.1 Å². The van der Waals surface area contributed by atoms with Crippen molar-refractivity contribution < 1.29 is 8.78 Å². The minimum absolute atomic E-state index is 0.613. The lowest BCUT2D eigenvalue weighted by atomic mass is 9.99. The lowest BCUT2D eigenvalue weighted by Gasteiger charge is -2.20. The van der Waals surface area contributed by atoms with Crippen molar-refractivity contribution in [2.75, 3.05) is 6.54 Å². The zero-order chi connectivity index (χ0) is 12.1. The summed E-state index contributed by atoms with van der Waals surface area (Å²) in [6.07, 6.45) is -1.51. The third kappa shape index (κ3) is 3.27. The van der Waals surface area contributed by atoms with Gasteiger partial charge in [-0.05, 0) is 37.9 Å². The van der Waals surface area contributed by atoms with E-state index in [9.17, 15) is 8.78 Å². The van der Waals surface area contributed by atoms with Crippen LogP contribution in [0.5, 0.6) is 0 Å². The molecule has 0 saturated heterocycles. The molecule has 0 spiro atoms. The van der Waals surface area contributed by atoms with E-state index < -0.39 is 12.5 Å². The number of aryl methyl sites for hydroxylation is 2. The Balaban J connectivity index is 2.95. The number of hydrogen-bond acceptors (Lipinski definition) is 1. The van der Waals surface area contributed by atoms with Gasteiger partial charge < -0.3 is 5.32 Å². The summed E-state index contributed by atoms with van der Waals surface area (Å²) in [7, 11) is 0. The molecule has 0 saturated carbocycles. The van der Waals surface area contributed by atoms with Crippen molar-refractivity contribution in [3.63, 3.8) is 0 Å². The van der Waals surface area contributed by atoms with Crippen molar-refractivity contribution in [2.45, 2.75) is 39.7 Å². The maximum absolute atomic E-state index is 13.0. The molecule has 90 valence electrons. The summed E-state index contributed by atoms with van der Waals surface area (Å²) in [6.45, 7) is 6.38. The largest absolute Gasteiger partial charge is 0.305 e. The lowest BCUT2D eigenvalue weighted by Crippen LogP contribution is -2.28. The van der Waals surface area contributed by atoms with E-state index in [1.165, 1.54) is 0 Å². The van der Waals surface area contributed by atoms with Crippen LogP contribution < -0.4 is 5.32 Å². The minimum Gasteiger partial charge on any atom is -0.305 e. The third-order valence-corrected chi connectivity index (χ3v) is 2.64. The molecule has 1 atom stereocenters. The highest BCUT2D eigenvalue weighted by Gasteiger charge is 2.22. The molecule has 0 aliphatic rings. The first kappa shape index (κ1) is 13.1. The van der Waals surface area contributed by atoms with Crippen LogP contribution in [0.25, 0.3) is 0 Å². The van der Waals surface area contributed by atoms with Crippen molar-refractivity contribution in [2.24, 2.45) is 0 Å². The van der Waals surface area contributed by atoms with E-state index >= 15 is 0 Å². The van der Waals surface area contributed by atoms with E-state index in [2.05, 4.69) is 5.32 Å². The summed E-state index contributed by atoms with van der Waals surface area (Å²) < 4.78 is 25.9. The first-order valence-electron chi connectivity index (χ1n) is 5.65. The van der Waals surface area contributed by atoms with E-state index in [0.717, 1.165) is 17.5 Å². The molecule has 0 radical (unpaired) electrons. The topological polar surface area (TPSA) is 12.0 Å². The number of nitrogens with one attached hydrogen (secondary N) is 1. The quantitative estimate of drug-likeness (QED) is 0.810. The maximum Gasteiger partial charge on any atom is 0.257 e. The van der Waals surface area contributed by atoms with Crippen LogP contribution in [-0.4, -0.2) is 13.0 Å². The van der Waals surface area contributed by atoms with Gasteiger partial charge in [-0.2, -0.15) is 0 Å². The fraction of sp³-hybridized carbons (Fsp3) is 0.538. The minimum atomic E-state index is -2.37. The summed E-state index contributed by atoms with van der Waals surface area (Å²) in [5, 5.41) is 2.90. The molecular formula is C13H19F2N. The molecule has 0 heterocycles. The fourth-order valence-corrected chi connectivity index (χ4v) is 1.73. The van der Waals surface area contributed by atoms with E-state index in [-0.39, 0.29) is 0 Å². The van der Waals surface area contributed by atoms with Crippen LogP contribution in [-0.2, 0) is 0 Å². The van der Waals surface area contributed by atoms with Crippen molar-refractivity contribution in [1.29, 1.82) is 0 Å². The van der Waals surface area contributed by atoms with Crippen LogP contribution >= 0.6 is 0 Å². The van der Waals surface area contributed by atoms with Gasteiger partial charge in [-0.1, -0.05) is 30.7 Å².